The maximum Gasteiger partial charge on any atom is 0.141 e. The van der Waals surface area contributed by atoms with Crippen LogP contribution in [0.25, 0.3) is 10.1 Å². The molecule has 3 heteroatoms. The second-order valence-electron chi connectivity index (χ2n) is 3.42. The Hall–Kier alpha value is -0.930. The second kappa shape index (κ2) is 3.67. The highest BCUT2D eigenvalue weighted by Gasteiger charge is 2.08. The van der Waals surface area contributed by atoms with E-state index in [2.05, 4.69) is 0 Å². The van der Waals surface area contributed by atoms with Crippen LogP contribution < -0.4 is 5.73 Å². The van der Waals surface area contributed by atoms with Crippen molar-refractivity contribution in [1.82, 2.24) is 0 Å². The van der Waals surface area contributed by atoms with Gasteiger partial charge in [-0.15, -0.1) is 11.3 Å². The first-order valence-electron chi connectivity index (χ1n) is 4.58. The van der Waals surface area contributed by atoms with Gasteiger partial charge in [-0.05, 0) is 47.8 Å². The minimum Gasteiger partial charge on any atom is -0.330 e. The number of halogens is 1. The molecule has 0 saturated carbocycles. The maximum absolute atomic E-state index is 13.5. The normalized spacial score (nSPS) is 11.1. The van der Waals surface area contributed by atoms with Crippen LogP contribution in [0.1, 0.15) is 11.1 Å². The Balaban J connectivity index is 2.66. The molecular weight excluding hydrogens is 197 g/mol. The van der Waals surface area contributed by atoms with E-state index in [-0.39, 0.29) is 5.82 Å². The van der Waals surface area contributed by atoms with Crippen molar-refractivity contribution in [2.45, 2.75) is 13.3 Å². The van der Waals surface area contributed by atoms with Crippen molar-refractivity contribution >= 4 is 21.4 Å². The number of rotatable bonds is 2. The molecule has 1 aromatic carbocycles. The fourth-order valence-corrected chi connectivity index (χ4v) is 2.62. The van der Waals surface area contributed by atoms with Gasteiger partial charge in [0.25, 0.3) is 0 Å². The predicted molar refractivity (Wildman–Crippen MR) is 59.3 cm³/mol. The average Bonchev–Trinajstić information content (AvgIpc) is 2.49. The third-order valence-electron chi connectivity index (χ3n) is 2.27. The Bertz CT molecular complexity index is 462. The van der Waals surface area contributed by atoms with E-state index in [0.29, 0.717) is 6.54 Å². The quantitative estimate of drug-likeness (QED) is 0.808. The largest absolute Gasteiger partial charge is 0.330 e. The summed E-state index contributed by atoms with van der Waals surface area (Å²) in [7, 11) is 0. The standard InChI is InChI=1S/C11H12FNS/c1-7-4-9-8(2-3-13)6-14-11(9)10(12)5-7/h4-6H,2-3,13H2,1H3. The topological polar surface area (TPSA) is 26.0 Å². The summed E-state index contributed by atoms with van der Waals surface area (Å²) < 4.78 is 14.2. The average molecular weight is 209 g/mol. The molecule has 1 nitrogen and oxygen atoms in total. The van der Waals surface area contributed by atoms with Gasteiger partial charge in [-0.25, -0.2) is 4.39 Å². The molecule has 1 aromatic heterocycles. The molecule has 0 radical (unpaired) electrons. The van der Waals surface area contributed by atoms with E-state index in [1.807, 2.05) is 18.4 Å². The van der Waals surface area contributed by atoms with Gasteiger partial charge >= 0.3 is 0 Å². The third kappa shape index (κ3) is 1.53. The number of fused-ring (bicyclic) bond motifs is 1. The van der Waals surface area contributed by atoms with Gasteiger partial charge in [-0.3, -0.25) is 0 Å². The molecule has 2 rings (SSSR count). The Morgan fingerprint density at radius 3 is 2.93 bits per heavy atom. The summed E-state index contributed by atoms with van der Waals surface area (Å²) in [6.45, 7) is 2.52. The van der Waals surface area contributed by atoms with Gasteiger partial charge in [-0.1, -0.05) is 6.07 Å². The zero-order valence-electron chi connectivity index (χ0n) is 8.01. The fraction of sp³-hybridized carbons (Fsp3) is 0.273. The highest BCUT2D eigenvalue weighted by atomic mass is 32.1. The molecule has 2 N–H and O–H groups in total. The summed E-state index contributed by atoms with van der Waals surface area (Å²) in [6.07, 6.45) is 0.822. The predicted octanol–water partition coefficient (Wildman–Crippen LogP) is 2.85. The van der Waals surface area contributed by atoms with Crippen LogP contribution in [-0.4, -0.2) is 6.54 Å². The lowest BCUT2D eigenvalue weighted by Gasteiger charge is -1.99. The summed E-state index contributed by atoms with van der Waals surface area (Å²) >= 11 is 1.46. The summed E-state index contributed by atoms with van der Waals surface area (Å²) in [6, 6.07) is 3.60. The number of thiophene rings is 1. The third-order valence-corrected chi connectivity index (χ3v) is 3.32. The summed E-state index contributed by atoms with van der Waals surface area (Å²) in [5, 5.41) is 3.03. The van der Waals surface area contributed by atoms with Gasteiger partial charge in [0.05, 0.1) is 4.70 Å². The monoisotopic (exact) mass is 209 g/mol. The molecule has 0 unspecified atom stereocenters. The molecule has 0 spiro atoms. The molecule has 0 atom stereocenters. The molecule has 74 valence electrons. The van der Waals surface area contributed by atoms with Crippen LogP contribution in [0.15, 0.2) is 17.5 Å². The molecule has 0 aliphatic heterocycles. The highest BCUT2D eigenvalue weighted by Crippen LogP contribution is 2.29. The van der Waals surface area contributed by atoms with Crippen molar-refractivity contribution < 1.29 is 4.39 Å². The number of hydrogen-bond acceptors (Lipinski definition) is 2. The molecule has 1 heterocycles. The minimum atomic E-state index is -0.117. The van der Waals surface area contributed by atoms with Crippen LogP contribution in [0.4, 0.5) is 4.39 Å². The van der Waals surface area contributed by atoms with Gasteiger partial charge in [-0.2, -0.15) is 0 Å². The van der Waals surface area contributed by atoms with Gasteiger partial charge < -0.3 is 5.73 Å². The van der Waals surface area contributed by atoms with Crippen molar-refractivity contribution in [1.29, 1.82) is 0 Å². The van der Waals surface area contributed by atoms with Gasteiger partial charge in [0.15, 0.2) is 0 Å². The summed E-state index contributed by atoms with van der Waals surface area (Å²) in [4.78, 5) is 0. The van der Waals surface area contributed by atoms with Crippen molar-refractivity contribution in [3.63, 3.8) is 0 Å². The van der Waals surface area contributed by atoms with E-state index in [0.717, 1.165) is 27.6 Å². The van der Waals surface area contributed by atoms with Gasteiger partial charge in [0.2, 0.25) is 0 Å². The van der Waals surface area contributed by atoms with Crippen LogP contribution in [0.2, 0.25) is 0 Å². The van der Waals surface area contributed by atoms with E-state index < -0.39 is 0 Å². The smallest absolute Gasteiger partial charge is 0.141 e. The highest BCUT2D eigenvalue weighted by molar-refractivity contribution is 7.17. The van der Waals surface area contributed by atoms with Crippen LogP contribution in [0, 0.1) is 12.7 Å². The maximum atomic E-state index is 13.5. The first-order chi connectivity index (χ1) is 6.72. The van der Waals surface area contributed by atoms with E-state index in [4.69, 9.17) is 5.73 Å². The minimum absolute atomic E-state index is 0.117. The fourth-order valence-electron chi connectivity index (χ4n) is 1.63. The van der Waals surface area contributed by atoms with Gasteiger partial charge in [0, 0.05) is 0 Å². The summed E-state index contributed by atoms with van der Waals surface area (Å²) in [5.74, 6) is -0.117. The SMILES string of the molecule is Cc1cc(F)c2scc(CCN)c2c1. The van der Waals surface area contributed by atoms with E-state index >= 15 is 0 Å². The van der Waals surface area contributed by atoms with Crippen LogP contribution in [-0.2, 0) is 6.42 Å². The molecule has 0 saturated heterocycles. The number of benzene rings is 1. The Morgan fingerprint density at radius 2 is 2.21 bits per heavy atom. The zero-order chi connectivity index (χ0) is 10.1. The number of aryl methyl sites for hydroxylation is 1. The number of hydrogen-bond donors (Lipinski definition) is 1. The van der Waals surface area contributed by atoms with Crippen LogP contribution >= 0.6 is 11.3 Å². The second-order valence-corrected chi connectivity index (χ2v) is 4.30. The molecule has 0 aliphatic rings. The van der Waals surface area contributed by atoms with E-state index in [1.165, 1.54) is 11.3 Å². The molecule has 0 amide bonds. The molecule has 0 aliphatic carbocycles. The van der Waals surface area contributed by atoms with Crippen molar-refractivity contribution in [2.24, 2.45) is 5.73 Å². The van der Waals surface area contributed by atoms with E-state index in [1.54, 1.807) is 6.07 Å². The lowest BCUT2D eigenvalue weighted by atomic mass is 10.1. The molecule has 2 aromatic rings. The Morgan fingerprint density at radius 1 is 1.43 bits per heavy atom. The first kappa shape index (κ1) is 9.62. The molecular formula is C11H12FNS. The molecule has 14 heavy (non-hydrogen) atoms. The lowest BCUT2D eigenvalue weighted by Crippen LogP contribution is -2.01. The first-order valence-corrected chi connectivity index (χ1v) is 5.46. The number of nitrogens with two attached hydrogens (primary N) is 1. The van der Waals surface area contributed by atoms with Crippen LogP contribution in [0.3, 0.4) is 0 Å². The summed E-state index contributed by atoms with van der Waals surface area (Å²) in [5.41, 5.74) is 7.62. The zero-order valence-corrected chi connectivity index (χ0v) is 8.83. The Kier molecular flexibility index (Phi) is 2.52. The molecule has 0 bridgehead atoms. The van der Waals surface area contributed by atoms with Crippen LogP contribution in [0.5, 0.6) is 0 Å². The Labute approximate surface area is 86.4 Å². The van der Waals surface area contributed by atoms with Crippen molar-refractivity contribution in [3.05, 3.63) is 34.5 Å². The van der Waals surface area contributed by atoms with Crippen molar-refractivity contribution in [3.8, 4) is 0 Å². The van der Waals surface area contributed by atoms with Crippen molar-refractivity contribution in [2.75, 3.05) is 6.54 Å². The molecule has 0 fully saturated rings. The van der Waals surface area contributed by atoms with Gasteiger partial charge in [0.1, 0.15) is 5.82 Å². The lowest BCUT2D eigenvalue weighted by molar-refractivity contribution is 0.640. The van der Waals surface area contributed by atoms with E-state index in [9.17, 15) is 4.39 Å².